The summed E-state index contributed by atoms with van der Waals surface area (Å²) in [5.74, 6) is -7.21. The molecule has 0 spiro atoms. The molecule has 1 amide bonds. The van der Waals surface area contributed by atoms with Crippen LogP contribution in [-0.2, 0) is 15.7 Å². The molecule has 2 rings (SSSR count). The molecule has 1 unspecified atom stereocenters. The van der Waals surface area contributed by atoms with Gasteiger partial charge in [-0.25, -0.2) is 13.6 Å². The molecule has 12 heteroatoms. The topological polar surface area (TPSA) is 116 Å². The van der Waals surface area contributed by atoms with E-state index >= 15 is 0 Å². The van der Waals surface area contributed by atoms with Crippen molar-refractivity contribution in [2.24, 2.45) is 5.73 Å². The summed E-state index contributed by atoms with van der Waals surface area (Å²) in [6, 6.07) is 4.49. The highest BCUT2D eigenvalue weighted by atomic mass is 19.4. The lowest BCUT2D eigenvalue weighted by atomic mass is 10.1. The third-order valence-corrected chi connectivity index (χ3v) is 3.88. The van der Waals surface area contributed by atoms with Crippen LogP contribution in [0.5, 0.6) is 5.75 Å². The van der Waals surface area contributed by atoms with Crippen LogP contribution in [0.2, 0.25) is 0 Å². The van der Waals surface area contributed by atoms with Crippen LogP contribution < -0.4 is 10.5 Å². The highest BCUT2D eigenvalue weighted by Gasteiger charge is 2.30. The van der Waals surface area contributed by atoms with Crippen molar-refractivity contribution in [2.75, 3.05) is 13.2 Å². The summed E-state index contributed by atoms with van der Waals surface area (Å²) in [6.45, 7) is -1.96. The van der Waals surface area contributed by atoms with Crippen LogP contribution >= 0.6 is 0 Å². The van der Waals surface area contributed by atoms with Crippen LogP contribution in [0.1, 0.15) is 26.3 Å². The van der Waals surface area contributed by atoms with Gasteiger partial charge in [0.2, 0.25) is 6.10 Å². The maximum atomic E-state index is 14.2. The summed E-state index contributed by atoms with van der Waals surface area (Å²) in [5.41, 5.74) is 2.57. The van der Waals surface area contributed by atoms with Crippen molar-refractivity contribution >= 4 is 17.7 Å². The highest BCUT2D eigenvalue weighted by Crippen LogP contribution is 2.29. The molecule has 0 aliphatic carbocycles. The molecule has 2 aromatic rings. The Morgan fingerprint density at radius 2 is 1.65 bits per heavy atom. The Bertz CT molecular complexity index is 991. The van der Waals surface area contributed by atoms with Crippen molar-refractivity contribution in [3.63, 3.8) is 0 Å². The quantitative estimate of drug-likeness (QED) is 0.364. The molecule has 0 aromatic heterocycles. The zero-order valence-corrected chi connectivity index (χ0v) is 15.4. The predicted molar refractivity (Wildman–Crippen MR) is 93.1 cm³/mol. The van der Waals surface area contributed by atoms with Gasteiger partial charge in [0.25, 0.3) is 5.91 Å². The molecule has 2 aromatic carbocycles. The number of Topliss-reactive ketones (excluding diaryl/α,β-unsaturated/α-hetero) is 1. The van der Waals surface area contributed by atoms with Gasteiger partial charge in [0, 0.05) is 5.56 Å². The molecule has 0 fully saturated rings. The molecule has 0 saturated carbocycles. The van der Waals surface area contributed by atoms with E-state index in [-0.39, 0.29) is 5.56 Å². The fourth-order valence-electron chi connectivity index (χ4n) is 2.32. The van der Waals surface area contributed by atoms with Crippen LogP contribution in [0.4, 0.5) is 22.0 Å². The molecular formula is C19H14F5NO6. The molecule has 0 radical (unpaired) electrons. The molecule has 166 valence electrons. The zero-order chi connectivity index (χ0) is 23.3. The number of benzene rings is 2. The summed E-state index contributed by atoms with van der Waals surface area (Å²) in [5, 5.41) is 9.27. The Hall–Kier alpha value is -3.54. The third-order valence-electron chi connectivity index (χ3n) is 3.88. The molecular weight excluding hydrogens is 433 g/mol. The predicted octanol–water partition coefficient (Wildman–Crippen LogP) is 2.25. The number of carbonyl (C=O) groups is 3. The van der Waals surface area contributed by atoms with Gasteiger partial charge in [-0.15, -0.1) is 0 Å². The summed E-state index contributed by atoms with van der Waals surface area (Å²) >= 11 is 0. The molecule has 31 heavy (non-hydrogen) atoms. The van der Waals surface area contributed by atoms with E-state index in [4.69, 9.17) is 10.5 Å². The summed E-state index contributed by atoms with van der Waals surface area (Å²) < 4.78 is 74.8. The van der Waals surface area contributed by atoms with Crippen molar-refractivity contribution in [2.45, 2.75) is 12.3 Å². The van der Waals surface area contributed by atoms with Gasteiger partial charge in [0.1, 0.15) is 11.4 Å². The van der Waals surface area contributed by atoms with Crippen molar-refractivity contribution in [1.29, 1.82) is 0 Å². The molecule has 0 aliphatic heterocycles. The van der Waals surface area contributed by atoms with Crippen LogP contribution in [0.3, 0.4) is 0 Å². The van der Waals surface area contributed by atoms with E-state index in [1.807, 2.05) is 0 Å². The van der Waals surface area contributed by atoms with Crippen molar-refractivity contribution in [1.82, 2.24) is 0 Å². The Labute approximate surface area is 171 Å². The maximum Gasteiger partial charge on any atom is 0.416 e. The molecule has 7 nitrogen and oxygen atoms in total. The monoisotopic (exact) mass is 447 g/mol. The maximum absolute atomic E-state index is 14.2. The average molecular weight is 447 g/mol. The number of ketones is 1. The van der Waals surface area contributed by atoms with Gasteiger partial charge < -0.3 is 20.3 Å². The van der Waals surface area contributed by atoms with E-state index in [9.17, 15) is 41.4 Å². The molecule has 1 atom stereocenters. The number of rotatable bonds is 8. The number of primary amides is 1. The Kier molecular flexibility index (Phi) is 7.28. The van der Waals surface area contributed by atoms with Crippen molar-refractivity contribution in [3.05, 3.63) is 64.7 Å². The number of hydrogen-bond donors (Lipinski definition) is 2. The first-order chi connectivity index (χ1) is 14.5. The van der Waals surface area contributed by atoms with Gasteiger partial charge in [0.15, 0.2) is 24.0 Å². The highest BCUT2D eigenvalue weighted by molar-refractivity contribution is 5.98. The number of halogens is 5. The van der Waals surface area contributed by atoms with E-state index in [0.29, 0.717) is 18.2 Å². The van der Waals surface area contributed by atoms with Crippen LogP contribution in [-0.4, -0.2) is 42.1 Å². The fourth-order valence-corrected chi connectivity index (χ4v) is 2.32. The number of aliphatic hydroxyl groups is 1. The number of esters is 1. The van der Waals surface area contributed by atoms with E-state index in [1.54, 1.807) is 0 Å². The lowest BCUT2D eigenvalue weighted by Crippen LogP contribution is -2.34. The lowest BCUT2D eigenvalue weighted by molar-refractivity contribution is -0.152. The minimum Gasteiger partial charge on any atom is -0.473 e. The van der Waals surface area contributed by atoms with Crippen LogP contribution in [0.25, 0.3) is 0 Å². The van der Waals surface area contributed by atoms with Gasteiger partial charge >= 0.3 is 12.1 Å². The van der Waals surface area contributed by atoms with E-state index in [0.717, 1.165) is 18.2 Å². The van der Waals surface area contributed by atoms with Gasteiger partial charge in [-0.2, -0.15) is 13.2 Å². The van der Waals surface area contributed by atoms with E-state index in [2.05, 4.69) is 4.74 Å². The first-order valence-electron chi connectivity index (χ1n) is 8.38. The second-order valence-electron chi connectivity index (χ2n) is 5.99. The van der Waals surface area contributed by atoms with Crippen LogP contribution in [0.15, 0.2) is 36.4 Å². The zero-order valence-electron chi connectivity index (χ0n) is 15.4. The van der Waals surface area contributed by atoms with Crippen molar-refractivity contribution < 1.29 is 50.9 Å². The standard InChI is InChI=1S/C19H14F5NO6/c20-11-5-6-13(16(21)15(11)17(25)28)31-14(7-26)18(29)30-8-12(27)9-1-3-10(4-2-9)19(22,23)24/h1-6,14,26H,7-8H2,(H2,25,28). The second kappa shape index (κ2) is 9.51. The van der Waals surface area contributed by atoms with Gasteiger partial charge in [-0.1, -0.05) is 12.1 Å². The third kappa shape index (κ3) is 5.75. The fraction of sp³-hybridized carbons (Fsp3) is 0.211. The Balaban J connectivity index is 2.05. The average Bonchev–Trinajstić information content (AvgIpc) is 2.70. The first kappa shape index (κ1) is 23.7. The number of ether oxygens (including phenoxy) is 2. The molecule has 0 aliphatic rings. The summed E-state index contributed by atoms with van der Waals surface area (Å²) in [4.78, 5) is 35.1. The lowest BCUT2D eigenvalue weighted by Gasteiger charge is -2.17. The number of hydrogen-bond acceptors (Lipinski definition) is 6. The van der Waals surface area contributed by atoms with Gasteiger partial charge in [0.05, 0.1) is 12.2 Å². The normalized spacial score (nSPS) is 12.2. The Morgan fingerprint density at radius 1 is 1.03 bits per heavy atom. The van der Waals surface area contributed by atoms with E-state index in [1.165, 1.54) is 0 Å². The molecule has 0 saturated heterocycles. The molecule has 0 bridgehead atoms. The first-order valence-corrected chi connectivity index (χ1v) is 8.38. The van der Waals surface area contributed by atoms with Gasteiger partial charge in [-0.3, -0.25) is 9.59 Å². The summed E-state index contributed by atoms with van der Waals surface area (Å²) in [6.07, 6.45) is -6.45. The minimum absolute atomic E-state index is 0.182. The van der Waals surface area contributed by atoms with Crippen LogP contribution in [0, 0.1) is 11.6 Å². The SMILES string of the molecule is NC(=O)c1c(F)ccc(OC(CO)C(=O)OCC(=O)c2ccc(C(F)(F)F)cc2)c1F. The smallest absolute Gasteiger partial charge is 0.416 e. The number of nitrogens with two attached hydrogens (primary N) is 1. The minimum atomic E-state index is -4.59. The van der Waals surface area contributed by atoms with E-state index < -0.39 is 71.7 Å². The second-order valence-corrected chi connectivity index (χ2v) is 5.99. The molecule has 3 N–H and O–H groups in total. The Morgan fingerprint density at radius 3 is 2.16 bits per heavy atom. The van der Waals surface area contributed by atoms with Gasteiger partial charge in [-0.05, 0) is 24.3 Å². The number of alkyl halides is 3. The largest absolute Gasteiger partial charge is 0.473 e. The number of amides is 1. The van der Waals surface area contributed by atoms with Crippen molar-refractivity contribution in [3.8, 4) is 5.75 Å². The number of aliphatic hydroxyl groups excluding tert-OH is 1. The number of carbonyl (C=O) groups excluding carboxylic acids is 3. The molecule has 0 heterocycles. The summed E-state index contributed by atoms with van der Waals surface area (Å²) in [7, 11) is 0.